The van der Waals surface area contributed by atoms with Crippen LogP contribution in [-0.2, 0) is 6.18 Å². The maximum absolute atomic E-state index is 13.1. The molecule has 0 spiro atoms. The minimum absolute atomic E-state index is 0.160. The van der Waals surface area contributed by atoms with E-state index in [4.69, 9.17) is 0 Å². The minimum Gasteiger partial charge on any atom is -0.393 e. The van der Waals surface area contributed by atoms with Crippen molar-refractivity contribution in [1.82, 2.24) is 4.90 Å². The largest absolute Gasteiger partial charge is 0.417 e. The van der Waals surface area contributed by atoms with Crippen LogP contribution >= 0.6 is 0 Å². The maximum Gasteiger partial charge on any atom is 0.417 e. The lowest BCUT2D eigenvalue weighted by atomic mass is 9.92. The van der Waals surface area contributed by atoms with Crippen LogP contribution in [0.2, 0.25) is 0 Å². The van der Waals surface area contributed by atoms with Crippen molar-refractivity contribution in [3.05, 3.63) is 35.1 Å². The number of alkyl halides is 3. The third-order valence-electron chi connectivity index (χ3n) is 3.94. The molecule has 1 aromatic carbocycles. The molecule has 0 aliphatic carbocycles. The van der Waals surface area contributed by atoms with Crippen LogP contribution in [0.5, 0.6) is 0 Å². The fourth-order valence-electron chi connectivity index (χ4n) is 2.70. The Balaban J connectivity index is 2.30. The molecule has 1 N–H and O–H groups in total. The van der Waals surface area contributed by atoms with Gasteiger partial charge in [-0.05, 0) is 38.0 Å². The van der Waals surface area contributed by atoms with E-state index in [1.165, 1.54) is 4.90 Å². The average molecular weight is 319 g/mol. The monoisotopic (exact) mass is 319 g/mol. The van der Waals surface area contributed by atoms with Crippen LogP contribution in [0.25, 0.3) is 0 Å². The van der Waals surface area contributed by atoms with Crippen molar-refractivity contribution < 1.29 is 27.5 Å². The van der Waals surface area contributed by atoms with Gasteiger partial charge in [0.15, 0.2) is 0 Å². The van der Waals surface area contributed by atoms with Gasteiger partial charge in [0.1, 0.15) is 5.82 Å². The van der Waals surface area contributed by atoms with Crippen molar-refractivity contribution in [2.45, 2.75) is 32.0 Å². The summed E-state index contributed by atoms with van der Waals surface area (Å²) < 4.78 is 52.0. The van der Waals surface area contributed by atoms with E-state index in [1.54, 1.807) is 6.92 Å². The standard InChI is InChI=1S/C15H17F4NO2/c1-9(21)10-3-2-6-20(8-10)14(22)12-5-4-11(16)7-13(12)15(17,18)19/h4-5,7,9-10,21H,2-3,6,8H2,1H3. The van der Waals surface area contributed by atoms with Crippen LogP contribution in [0.15, 0.2) is 18.2 Å². The summed E-state index contributed by atoms with van der Waals surface area (Å²) in [5, 5.41) is 9.60. The SMILES string of the molecule is CC(O)C1CCCN(C(=O)c2ccc(F)cc2C(F)(F)F)C1. The maximum atomic E-state index is 13.1. The Labute approximate surface area is 125 Å². The zero-order valence-corrected chi connectivity index (χ0v) is 12.0. The Bertz CT molecular complexity index is 557. The summed E-state index contributed by atoms with van der Waals surface area (Å²) in [6, 6.07) is 2.05. The second kappa shape index (κ2) is 6.24. The number of benzene rings is 1. The van der Waals surface area contributed by atoms with Crippen LogP contribution in [0.4, 0.5) is 17.6 Å². The number of aliphatic hydroxyl groups excluding tert-OH is 1. The van der Waals surface area contributed by atoms with Crippen LogP contribution < -0.4 is 0 Å². The van der Waals surface area contributed by atoms with Crippen molar-refractivity contribution in [1.29, 1.82) is 0 Å². The van der Waals surface area contributed by atoms with Gasteiger partial charge in [0.05, 0.1) is 17.2 Å². The number of piperidine rings is 1. The first-order valence-electron chi connectivity index (χ1n) is 7.04. The molecule has 7 heteroatoms. The highest BCUT2D eigenvalue weighted by atomic mass is 19.4. The normalized spacial score (nSPS) is 20.8. The number of hydrogen-bond acceptors (Lipinski definition) is 2. The molecule has 22 heavy (non-hydrogen) atoms. The first kappa shape index (κ1) is 16.7. The van der Waals surface area contributed by atoms with E-state index in [0.29, 0.717) is 19.0 Å². The third kappa shape index (κ3) is 3.58. The van der Waals surface area contributed by atoms with Gasteiger partial charge in [-0.25, -0.2) is 4.39 Å². The van der Waals surface area contributed by atoms with E-state index in [-0.39, 0.29) is 12.5 Å². The Morgan fingerprint density at radius 2 is 2.09 bits per heavy atom. The molecule has 2 unspecified atom stereocenters. The highest BCUT2D eigenvalue weighted by molar-refractivity contribution is 5.96. The van der Waals surface area contributed by atoms with Crippen LogP contribution in [0.1, 0.15) is 35.7 Å². The number of aliphatic hydroxyl groups is 1. The quantitative estimate of drug-likeness (QED) is 0.851. The van der Waals surface area contributed by atoms with Crippen LogP contribution in [0.3, 0.4) is 0 Å². The van der Waals surface area contributed by atoms with E-state index in [9.17, 15) is 27.5 Å². The number of nitrogens with zero attached hydrogens (tertiary/aromatic N) is 1. The molecule has 1 fully saturated rings. The van der Waals surface area contributed by atoms with E-state index in [1.807, 2.05) is 0 Å². The molecule has 0 bridgehead atoms. The van der Waals surface area contributed by atoms with Crippen molar-refractivity contribution >= 4 is 5.91 Å². The minimum atomic E-state index is -4.80. The predicted molar refractivity (Wildman–Crippen MR) is 71.7 cm³/mol. The Hall–Kier alpha value is -1.63. The van der Waals surface area contributed by atoms with Gasteiger partial charge >= 0.3 is 6.18 Å². The molecule has 1 aliphatic heterocycles. The number of likely N-dealkylation sites (tertiary alicyclic amines) is 1. The molecule has 122 valence electrons. The molecule has 0 aromatic heterocycles. The summed E-state index contributed by atoms with van der Waals surface area (Å²) in [6.45, 7) is 2.12. The number of rotatable bonds is 2. The lowest BCUT2D eigenvalue weighted by Crippen LogP contribution is -2.43. The van der Waals surface area contributed by atoms with Gasteiger partial charge in [-0.3, -0.25) is 4.79 Å². The number of carbonyl (C=O) groups excluding carboxylic acids is 1. The number of carbonyl (C=O) groups is 1. The van der Waals surface area contributed by atoms with E-state index < -0.39 is 35.1 Å². The molecule has 2 rings (SSSR count). The summed E-state index contributed by atoms with van der Waals surface area (Å²) in [5.41, 5.74) is -1.82. The highest BCUT2D eigenvalue weighted by Gasteiger charge is 2.37. The smallest absolute Gasteiger partial charge is 0.393 e. The molecular formula is C15H17F4NO2. The van der Waals surface area contributed by atoms with Gasteiger partial charge in [0.2, 0.25) is 0 Å². The molecule has 3 nitrogen and oxygen atoms in total. The zero-order chi connectivity index (χ0) is 16.5. The molecule has 0 radical (unpaired) electrons. The fourth-order valence-corrected chi connectivity index (χ4v) is 2.70. The summed E-state index contributed by atoms with van der Waals surface area (Å²) in [5.74, 6) is -1.98. The highest BCUT2D eigenvalue weighted by Crippen LogP contribution is 2.33. The number of hydrogen-bond donors (Lipinski definition) is 1. The summed E-state index contributed by atoms with van der Waals surface area (Å²) in [6.07, 6.45) is -4.10. The Morgan fingerprint density at radius 1 is 1.41 bits per heavy atom. The van der Waals surface area contributed by atoms with Gasteiger partial charge < -0.3 is 10.0 Å². The first-order chi connectivity index (χ1) is 10.2. The Kier molecular flexibility index (Phi) is 4.75. The lowest BCUT2D eigenvalue weighted by molar-refractivity contribution is -0.138. The fraction of sp³-hybridized carbons (Fsp3) is 0.533. The van der Waals surface area contributed by atoms with Gasteiger partial charge in [-0.1, -0.05) is 0 Å². The average Bonchev–Trinajstić information content (AvgIpc) is 2.45. The molecule has 1 heterocycles. The van der Waals surface area contributed by atoms with Gasteiger partial charge in [-0.15, -0.1) is 0 Å². The first-order valence-corrected chi connectivity index (χ1v) is 7.04. The second-order valence-corrected chi connectivity index (χ2v) is 5.58. The summed E-state index contributed by atoms with van der Waals surface area (Å²) in [4.78, 5) is 13.7. The van der Waals surface area contributed by atoms with Crippen molar-refractivity contribution in [2.75, 3.05) is 13.1 Å². The topological polar surface area (TPSA) is 40.5 Å². The molecule has 1 amide bonds. The second-order valence-electron chi connectivity index (χ2n) is 5.58. The third-order valence-corrected chi connectivity index (χ3v) is 3.94. The van der Waals surface area contributed by atoms with Crippen molar-refractivity contribution in [2.24, 2.45) is 5.92 Å². The number of amides is 1. The van der Waals surface area contributed by atoms with Crippen molar-refractivity contribution in [3.63, 3.8) is 0 Å². The summed E-state index contributed by atoms with van der Waals surface area (Å²) >= 11 is 0. The molecule has 2 atom stereocenters. The Morgan fingerprint density at radius 3 is 2.68 bits per heavy atom. The van der Waals surface area contributed by atoms with Gasteiger partial charge in [0, 0.05) is 19.0 Å². The lowest BCUT2D eigenvalue weighted by Gasteiger charge is -2.34. The van der Waals surface area contributed by atoms with E-state index >= 15 is 0 Å². The molecule has 1 aliphatic rings. The van der Waals surface area contributed by atoms with Gasteiger partial charge in [0.25, 0.3) is 5.91 Å². The molecule has 1 aromatic rings. The van der Waals surface area contributed by atoms with Gasteiger partial charge in [-0.2, -0.15) is 13.2 Å². The van der Waals surface area contributed by atoms with E-state index in [2.05, 4.69) is 0 Å². The van der Waals surface area contributed by atoms with Crippen molar-refractivity contribution in [3.8, 4) is 0 Å². The zero-order valence-electron chi connectivity index (χ0n) is 12.0. The van der Waals surface area contributed by atoms with Crippen LogP contribution in [0, 0.1) is 11.7 Å². The number of halogens is 4. The predicted octanol–water partition coefficient (Wildman–Crippen LogP) is 3.08. The van der Waals surface area contributed by atoms with Crippen LogP contribution in [-0.4, -0.2) is 35.1 Å². The molecule has 0 saturated carbocycles. The van der Waals surface area contributed by atoms with E-state index in [0.717, 1.165) is 18.6 Å². The molecular weight excluding hydrogens is 302 g/mol. The molecule has 1 saturated heterocycles. The summed E-state index contributed by atoms with van der Waals surface area (Å²) in [7, 11) is 0.